The van der Waals surface area contributed by atoms with Crippen molar-refractivity contribution >= 4 is 28.9 Å². The number of amides is 1. The summed E-state index contributed by atoms with van der Waals surface area (Å²) < 4.78 is 5.70. The summed E-state index contributed by atoms with van der Waals surface area (Å²) in [4.78, 5) is 18.9. The van der Waals surface area contributed by atoms with E-state index in [2.05, 4.69) is 9.89 Å². The summed E-state index contributed by atoms with van der Waals surface area (Å²) in [5.74, 6) is -0.0967. The molecule has 5 nitrogen and oxygen atoms in total. The molecule has 22 heavy (non-hydrogen) atoms. The predicted molar refractivity (Wildman–Crippen MR) is 87.7 cm³/mol. The Morgan fingerprint density at radius 3 is 2.68 bits per heavy atom. The highest BCUT2D eigenvalue weighted by molar-refractivity contribution is 8.18. The number of aliphatic imine (C=N–C) groups is 1. The van der Waals surface area contributed by atoms with Gasteiger partial charge in [-0.3, -0.25) is 4.79 Å². The normalized spacial score (nSPS) is 27.4. The van der Waals surface area contributed by atoms with Gasteiger partial charge in [-0.1, -0.05) is 18.2 Å². The first-order valence-electron chi connectivity index (χ1n) is 7.24. The van der Waals surface area contributed by atoms with E-state index in [0.717, 1.165) is 13.1 Å². The van der Waals surface area contributed by atoms with Crippen molar-refractivity contribution in [1.29, 1.82) is 0 Å². The molecule has 0 aliphatic carbocycles. The third-order valence-corrected chi connectivity index (χ3v) is 4.57. The molecule has 0 unspecified atom stereocenters. The Kier molecular flexibility index (Phi) is 4.22. The van der Waals surface area contributed by atoms with Gasteiger partial charge in [-0.15, -0.1) is 0 Å². The molecule has 6 heteroatoms. The van der Waals surface area contributed by atoms with Crippen LogP contribution < -0.4 is 0 Å². The molecule has 1 fully saturated rings. The van der Waals surface area contributed by atoms with E-state index in [-0.39, 0.29) is 23.9 Å². The molecule has 1 aromatic rings. The molecule has 1 amide bonds. The van der Waals surface area contributed by atoms with E-state index in [0.29, 0.717) is 15.6 Å². The van der Waals surface area contributed by atoms with Crippen molar-refractivity contribution < 1.29 is 14.6 Å². The highest BCUT2D eigenvalue weighted by Crippen LogP contribution is 2.32. The monoisotopic (exact) mass is 318 g/mol. The van der Waals surface area contributed by atoms with E-state index in [9.17, 15) is 9.90 Å². The summed E-state index contributed by atoms with van der Waals surface area (Å²) in [5.41, 5.74) is 0.624. The predicted octanol–water partition coefficient (Wildman–Crippen LogP) is 2.47. The van der Waals surface area contributed by atoms with Crippen LogP contribution in [-0.2, 0) is 9.53 Å². The average molecular weight is 318 g/mol. The summed E-state index contributed by atoms with van der Waals surface area (Å²) in [6, 6.07) is 6.94. The molecule has 0 saturated carbocycles. The third-order valence-electron chi connectivity index (χ3n) is 3.52. The second-order valence-electron chi connectivity index (χ2n) is 5.53. The Hall–Kier alpha value is -1.79. The van der Waals surface area contributed by atoms with Gasteiger partial charge in [0.25, 0.3) is 5.91 Å². The van der Waals surface area contributed by atoms with E-state index < -0.39 is 0 Å². The standard InChI is InChI=1S/C16H18N2O3S/c1-10-8-18(9-11(2)21-10)16-17-15(20)14(22-16)7-12-5-3-4-6-13(12)19/h3-7,10-11,19H,8-9H2,1-2H3/b14-7+/t10-,11-/m0/s1. The first-order chi connectivity index (χ1) is 10.5. The largest absolute Gasteiger partial charge is 0.507 e. The second-order valence-corrected chi connectivity index (χ2v) is 6.54. The molecule has 2 aliphatic rings. The fourth-order valence-electron chi connectivity index (χ4n) is 2.62. The maximum absolute atomic E-state index is 12.1. The fraction of sp³-hybridized carbons (Fsp3) is 0.375. The van der Waals surface area contributed by atoms with Crippen molar-refractivity contribution in [2.75, 3.05) is 13.1 Å². The van der Waals surface area contributed by atoms with Crippen molar-refractivity contribution in [2.45, 2.75) is 26.1 Å². The number of nitrogens with zero attached hydrogens (tertiary/aromatic N) is 2. The van der Waals surface area contributed by atoms with Gasteiger partial charge < -0.3 is 14.7 Å². The molecule has 2 aliphatic heterocycles. The molecular weight excluding hydrogens is 300 g/mol. The van der Waals surface area contributed by atoms with Crippen molar-refractivity contribution in [1.82, 2.24) is 4.90 Å². The number of hydrogen-bond donors (Lipinski definition) is 1. The van der Waals surface area contributed by atoms with Crippen molar-refractivity contribution in [2.24, 2.45) is 4.99 Å². The SMILES string of the molecule is C[C@H]1CN(C2=NC(=O)/C(=C\c3ccccc3O)S2)C[C@H](C)O1. The van der Waals surface area contributed by atoms with Gasteiger partial charge in [0.2, 0.25) is 0 Å². The summed E-state index contributed by atoms with van der Waals surface area (Å²) >= 11 is 1.35. The summed E-state index contributed by atoms with van der Waals surface area (Å²) in [6.45, 7) is 5.49. The number of rotatable bonds is 1. The molecule has 0 aromatic heterocycles. The molecule has 0 radical (unpaired) electrons. The minimum atomic E-state index is -0.255. The minimum Gasteiger partial charge on any atom is -0.507 e. The molecule has 116 valence electrons. The zero-order chi connectivity index (χ0) is 15.7. The number of thioether (sulfide) groups is 1. The van der Waals surface area contributed by atoms with Gasteiger partial charge in [0.1, 0.15) is 5.75 Å². The van der Waals surface area contributed by atoms with Crippen molar-refractivity contribution in [3.05, 3.63) is 34.7 Å². The lowest BCUT2D eigenvalue weighted by Crippen LogP contribution is -2.47. The lowest BCUT2D eigenvalue weighted by atomic mass is 10.2. The van der Waals surface area contributed by atoms with E-state index >= 15 is 0 Å². The second kappa shape index (κ2) is 6.14. The number of para-hydroxylation sites is 1. The highest BCUT2D eigenvalue weighted by Gasteiger charge is 2.31. The molecular formula is C16H18N2O3S. The van der Waals surface area contributed by atoms with Gasteiger partial charge >= 0.3 is 0 Å². The number of phenolic OH excluding ortho intramolecular Hbond substituents is 1. The molecule has 0 spiro atoms. The van der Waals surface area contributed by atoms with Gasteiger partial charge in [-0.2, -0.15) is 4.99 Å². The van der Waals surface area contributed by atoms with Crippen LogP contribution in [0.15, 0.2) is 34.2 Å². The lowest BCUT2D eigenvalue weighted by Gasteiger charge is -2.35. The number of phenols is 1. The number of hydrogen-bond acceptors (Lipinski definition) is 5. The van der Waals surface area contributed by atoms with Crippen LogP contribution in [0.2, 0.25) is 0 Å². The van der Waals surface area contributed by atoms with Gasteiger partial charge in [-0.05, 0) is 37.8 Å². The number of morpholine rings is 1. The fourth-order valence-corrected chi connectivity index (χ4v) is 3.54. The Labute approximate surface area is 133 Å². The van der Waals surface area contributed by atoms with Crippen molar-refractivity contribution in [3.8, 4) is 5.75 Å². The van der Waals surface area contributed by atoms with E-state index in [4.69, 9.17) is 4.74 Å². The molecule has 1 N–H and O–H groups in total. The smallest absolute Gasteiger partial charge is 0.286 e. The first kappa shape index (κ1) is 15.1. The number of amidine groups is 1. The number of benzene rings is 1. The van der Waals surface area contributed by atoms with Crippen LogP contribution in [0.25, 0.3) is 6.08 Å². The zero-order valence-corrected chi connectivity index (χ0v) is 13.3. The van der Waals surface area contributed by atoms with Crippen molar-refractivity contribution in [3.63, 3.8) is 0 Å². The summed E-state index contributed by atoms with van der Waals surface area (Å²) in [7, 11) is 0. The maximum atomic E-state index is 12.1. The average Bonchev–Trinajstić information content (AvgIpc) is 2.82. The Morgan fingerprint density at radius 1 is 1.32 bits per heavy atom. The molecule has 3 rings (SSSR count). The molecule has 1 saturated heterocycles. The van der Waals surface area contributed by atoms with Crippen LogP contribution in [0.4, 0.5) is 0 Å². The first-order valence-corrected chi connectivity index (χ1v) is 8.05. The van der Waals surface area contributed by atoms with E-state index in [1.807, 2.05) is 19.9 Å². The van der Waals surface area contributed by atoms with Crippen LogP contribution in [0.5, 0.6) is 5.75 Å². The number of carbonyl (C=O) groups is 1. The van der Waals surface area contributed by atoms with Gasteiger partial charge in [0.05, 0.1) is 17.1 Å². The quantitative estimate of drug-likeness (QED) is 0.806. The Balaban J connectivity index is 1.78. The zero-order valence-electron chi connectivity index (χ0n) is 12.5. The van der Waals surface area contributed by atoms with Crippen LogP contribution >= 0.6 is 11.8 Å². The van der Waals surface area contributed by atoms with E-state index in [1.54, 1.807) is 24.3 Å². The van der Waals surface area contributed by atoms with Gasteiger partial charge in [-0.25, -0.2) is 0 Å². The van der Waals surface area contributed by atoms with Crippen LogP contribution in [0, 0.1) is 0 Å². The molecule has 2 atom stereocenters. The van der Waals surface area contributed by atoms with Gasteiger partial charge in [0.15, 0.2) is 5.17 Å². The molecule has 2 heterocycles. The van der Waals surface area contributed by atoms with Crippen LogP contribution in [0.3, 0.4) is 0 Å². The maximum Gasteiger partial charge on any atom is 0.286 e. The topological polar surface area (TPSA) is 62.1 Å². The van der Waals surface area contributed by atoms with Gasteiger partial charge in [0, 0.05) is 18.7 Å². The number of ether oxygens (including phenoxy) is 1. The summed E-state index contributed by atoms with van der Waals surface area (Å²) in [5, 5.41) is 10.5. The Bertz CT molecular complexity index is 647. The van der Waals surface area contributed by atoms with Crippen LogP contribution in [0.1, 0.15) is 19.4 Å². The number of carbonyl (C=O) groups excluding carboxylic acids is 1. The third kappa shape index (κ3) is 3.18. The van der Waals surface area contributed by atoms with Crippen LogP contribution in [-0.4, -0.2) is 46.4 Å². The Morgan fingerprint density at radius 2 is 2.00 bits per heavy atom. The highest BCUT2D eigenvalue weighted by atomic mass is 32.2. The minimum absolute atomic E-state index is 0.119. The summed E-state index contributed by atoms with van der Waals surface area (Å²) in [6.07, 6.45) is 1.92. The van der Waals surface area contributed by atoms with E-state index in [1.165, 1.54) is 11.8 Å². The molecule has 0 bridgehead atoms. The molecule has 1 aromatic carbocycles. The number of aromatic hydroxyl groups is 1. The lowest BCUT2D eigenvalue weighted by molar-refractivity contribution is -0.113.